The highest BCUT2D eigenvalue weighted by atomic mass is 32.2. The Balaban J connectivity index is 1.96. The zero-order valence-corrected chi connectivity index (χ0v) is 16.5. The van der Waals surface area contributed by atoms with Gasteiger partial charge in [0, 0.05) is 17.4 Å². The smallest absolute Gasteiger partial charge is 0.285 e. The molecule has 2 aromatic carbocycles. The Hall–Kier alpha value is -2.88. The molecule has 1 heterocycles. The maximum Gasteiger partial charge on any atom is 0.285 e. The Morgan fingerprint density at radius 3 is 2.39 bits per heavy atom. The first-order valence-corrected chi connectivity index (χ1v) is 10.6. The van der Waals surface area contributed by atoms with Crippen LogP contribution in [0.15, 0.2) is 64.9 Å². The third kappa shape index (κ3) is 4.33. The van der Waals surface area contributed by atoms with Gasteiger partial charge in [0.2, 0.25) is 0 Å². The molecule has 28 heavy (non-hydrogen) atoms. The van der Waals surface area contributed by atoms with Gasteiger partial charge in [0.25, 0.3) is 15.9 Å². The highest BCUT2D eigenvalue weighted by Gasteiger charge is 2.22. The van der Waals surface area contributed by atoms with Crippen molar-refractivity contribution in [3.63, 3.8) is 0 Å². The van der Waals surface area contributed by atoms with Gasteiger partial charge in [-0.3, -0.25) is 14.7 Å². The monoisotopic (exact) mass is 418 g/mol. The summed E-state index contributed by atoms with van der Waals surface area (Å²) in [6.07, 6.45) is 0.327. The van der Waals surface area contributed by atoms with Crippen molar-refractivity contribution in [1.29, 1.82) is 0 Å². The fourth-order valence-electron chi connectivity index (χ4n) is 2.64. The lowest BCUT2D eigenvalue weighted by Crippen LogP contribution is -2.19. The molecule has 0 aliphatic carbocycles. The van der Waals surface area contributed by atoms with Crippen molar-refractivity contribution >= 4 is 33.0 Å². The van der Waals surface area contributed by atoms with Crippen LogP contribution in [-0.4, -0.2) is 26.6 Å². The topological polar surface area (TPSA) is 105 Å². The minimum absolute atomic E-state index is 0.0679. The summed E-state index contributed by atoms with van der Waals surface area (Å²) in [5.74, 6) is -0.146. The van der Waals surface area contributed by atoms with Crippen molar-refractivity contribution in [3.8, 4) is 5.75 Å². The third-order valence-corrected chi connectivity index (χ3v) is 6.44. The predicted octanol–water partition coefficient (Wildman–Crippen LogP) is 3.27. The van der Waals surface area contributed by atoms with E-state index in [9.17, 15) is 13.2 Å². The van der Waals surface area contributed by atoms with Crippen molar-refractivity contribution in [2.24, 2.45) is 0 Å². The van der Waals surface area contributed by atoms with Gasteiger partial charge >= 0.3 is 0 Å². The first kappa shape index (κ1) is 19.9. The molecule has 7 nitrogen and oxygen atoms in total. The molecular formula is C19H18N2O5S2. The molecule has 3 aromatic rings. The van der Waals surface area contributed by atoms with Crippen LogP contribution in [0, 0.1) is 0 Å². The molecule has 0 fully saturated rings. The molecule has 0 spiro atoms. The first-order valence-electron chi connectivity index (χ1n) is 8.20. The van der Waals surface area contributed by atoms with E-state index in [1.54, 1.807) is 23.0 Å². The van der Waals surface area contributed by atoms with E-state index in [1.807, 2.05) is 30.3 Å². The van der Waals surface area contributed by atoms with Crippen molar-refractivity contribution in [2.75, 3.05) is 11.8 Å². The molecule has 1 amide bonds. The van der Waals surface area contributed by atoms with Crippen LogP contribution in [-0.2, 0) is 16.4 Å². The van der Waals surface area contributed by atoms with Crippen molar-refractivity contribution in [3.05, 3.63) is 76.0 Å². The van der Waals surface area contributed by atoms with Crippen molar-refractivity contribution < 1.29 is 23.2 Å². The molecule has 0 unspecified atom stereocenters. The quantitative estimate of drug-likeness (QED) is 0.403. The number of nitrogens with one attached hydrogen (secondary N) is 2. The van der Waals surface area contributed by atoms with E-state index in [4.69, 9.17) is 9.94 Å². The summed E-state index contributed by atoms with van der Waals surface area (Å²) in [6, 6.07) is 15.3. The van der Waals surface area contributed by atoms with Gasteiger partial charge in [-0.2, -0.15) is 0 Å². The number of hydrogen-bond acceptors (Lipinski definition) is 6. The second-order valence-corrected chi connectivity index (χ2v) is 8.40. The Labute approximate surface area is 166 Å². The fraction of sp³-hybridized carbons (Fsp3) is 0.105. The highest BCUT2D eigenvalue weighted by molar-refractivity contribution is 7.92. The molecule has 1 aromatic heterocycles. The Morgan fingerprint density at radius 1 is 1.11 bits per heavy atom. The molecule has 0 aliphatic heterocycles. The van der Waals surface area contributed by atoms with Gasteiger partial charge in [-0.05, 0) is 29.8 Å². The van der Waals surface area contributed by atoms with Crippen LogP contribution in [0.2, 0.25) is 0 Å². The predicted molar refractivity (Wildman–Crippen MR) is 107 cm³/mol. The van der Waals surface area contributed by atoms with E-state index in [2.05, 4.69) is 4.72 Å². The number of benzene rings is 2. The third-order valence-electron chi connectivity index (χ3n) is 4.04. The summed E-state index contributed by atoms with van der Waals surface area (Å²) in [7, 11) is -2.37. The molecule has 9 heteroatoms. The van der Waals surface area contributed by atoms with Crippen LogP contribution >= 0.6 is 11.3 Å². The molecule has 0 atom stereocenters. The van der Waals surface area contributed by atoms with Gasteiger partial charge < -0.3 is 4.74 Å². The number of amides is 1. The second kappa shape index (κ2) is 8.42. The zero-order valence-electron chi connectivity index (χ0n) is 14.9. The fourth-order valence-corrected chi connectivity index (χ4v) is 4.72. The lowest BCUT2D eigenvalue weighted by Gasteiger charge is -2.11. The maximum absolute atomic E-state index is 12.8. The van der Waals surface area contributed by atoms with E-state index in [0.29, 0.717) is 23.4 Å². The Kier molecular flexibility index (Phi) is 5.98. The number of carbonyl (C=O) groups is 1. The SMILES string of the molecule is COc1ccc(S(=O)(=O)Nc2csc(C(=O)NO)c2Cc2ccccc2)cc1. The van der Waals surface area contributed by atoms with E-state index >= 15 is 0 Å². The summed E-state index contributed by atoms with van der Waals surface area (Å²) in [6.45, 7) is 0. The highest BCUT2D eigenvalue weighted by Crippen LogP contribution is 2.31. The van der Waals surface area contributed by atoms with E-state index in [1.165, 1.54) is 19.2 Å². The molecule has 3 N–H and O–H groups in total. The summed E-state index contributed by atoms with van der Waals surface area (Å²) < 4.78 is 33.1. The number of hydroxylamine groups is 1. The van der Waals surface area contributed by atoms with Gasteiger partial charge in [-0.1, -0.05) is 30.3 Å². The van der Waals surface area contributed by atoms with Crippen LogP contribution in [0.4, 0.5) is 5.69 Å². The molecule has 0 aliphatic rings. The standard InChI is InChI=1S/C19H18N2O5S2/c1-26-14-7-9-15(10-8-14)28(24,25)21-17-12-27-18(19(22)20-23)16(17)11-13-5-3-2-4-6-13/h2-10,12,21,23H,11H2,1H3,(H,20,22). The lowest BCUT2D eigenvalue weighted by molar-refractivity contribution is 0.0710. The van der Waals surface area contributed by atoms with Crippen LogP contribution < -0.4 is 14.9 Å². The number of ether oxygens (including phenoxy) is 1. The van der Waals surface area contributed by atoms with Gasteiger partial charge in [-0.15, -0.1) is 11.3 Å². The maximum atomic E-state index is 12.8. The second-order valence-electron chi connectivity index (χ2n) is 5.84. The number of rotatable bonds is 7. The zero-order chi connectivity index (χ0) is 20.1. The largest absolute Gasteiger partial charge is 0.497 e. The number of carbonyl (C=O) groups excluding carboxylic acids is 1. The van der Waals surface area contributed by atoms with Gasteiger partial charge in [0.05, 0.1) is 22.6 Å². The van der Waals surface area contributed by atoms with Crippen LogP contribution in [0.5, 0.6) is 5.75 Å². The molecule has 146 valence electrons. The van der Waals surface area contributed by atoms with E-state index in [0.717, 1.165) is 16.9 Å². The van der Waals surface area contributed by atoms with Crippen LogP contribution in [0.25, 0.3) is 0 Å². The normalized spacial score (nSPS) is 11.1. The summed E-state index contributed by atoms with van der Waals surface area (Å²) in [4.78, 5) is 12.3. The molecule has 3 rings (SSSR count). The summed E-state index contributed by atoms with van der Waals surface area (Å²) >= 11 is 1.05. The van der Waals surface area contributed by atoms with Crippen LogP contribution in [0.1, 0.15) is 20.8 Å². The minimum Gasteiger partial charge on any atom is -0.497 e. The average molecular weight is 418 g/mol. The van der Waals surface area contributed by atoms with Gasteiger partial charge in [-0.25, -0.2) is 13.9 Å². The number of hydrogen-bond donors (Lipinski definition) is 3. The summed E-state index contributed by atoms with van der Waals surface area (Å²) in [5, 5.41) is 10.6. The van der Waals surface area contributed by atoms with E-state index in [-0.39, 0.29) is 9.77 Å². The van der Waals surface area contributed by atoms with Crippen LogP contribution in [0.3, 0.4) is 0 Å². The Bertz CT molecular complexity index is 1060. The molecule has 0 bridgehead atoms. The molecular weight excluding hydrogens is 400 g/mol. The van der Waals surface area contributed by atoms with Crippen molar-refractivity contribution in [1.82, 2.24) is 5.48 Å². The number of anilines is 1. The molecule has 0 radical (unpaired) electrons. The number of methoxy groups -OCH3 is 1. The minimum atomic E-state index is -3.87. The van der Waals surface area contributed by atoms with Gasteiger partial charge in [0.1, 0.15) is 5.75 Å². The first-order chi connectivity index (χ1) is 13.4. The molecule has 0 saturated heterocycles. The van der Waals surface area contributed by atoms with Crippen molar-refractivity contribution in [2.45, 2.75) is 11.3 Å². The molecule has 0 saturated carbocycles. The average Bonchev–Trinajstić information content (AvgIpc) is 3.09. The number of sulfonamides is 1. The summed E-state index contributed by atoms with van der Waals surface area (Å²) in [5.41, 5.74) is 3.29. The lowest BCUT2D eigenvalue weighted by atomic mass is 10.0. The van der Waals surface area contributed by atoms with E-state index < -0.39 is 15.9 Å². The van der Waals surface area contributed by atoms with Gasteiger partial charge in [0.15, 0.2) is 0 Å². The number of thiophene rings is 1. The Morgan fingerprint density at radius 2 is 1.79 bits per heavy atom.